The van der Waals surface area contributed by atoms with Gasteiger partial charge in [-0.1, -0.05) is 48.5 Å². The summed E-state index contributed by atoms with van der Waals surface area (Å²) in [7, 11) is 0. The first-order chi connectivity index (χ1) is 13.8. The number of benzene rings is 2. The van der Waals surface area contributed by atoms with Crippen LogP contribution in [0.4, 0.5) is 0 Å². The van der Waals surface area contributed by atoms with E-state index in [2.05, 4.69) is 50.8 Å². The number of Topliss-reactive ketones (excluding diaryl/α,β-unsaturated/α-hetero) is 1. The molecule has 1 aromatic heterocycles. The van der Waals surface area contributed by atoms with Gasteiger partial charge in [0.1, 0.15) is 0 Å². The zero-order chi connectivity index (χ0) is 19.2. The lowest BCUT2D eigenvalue weighted by atomic mass is 9.99. The smallest absolute Gasteiger partial charge is 0.162 e. The number of unbranched alkanes of at least 4 members (excludes halogenated alkanes) is 1. The number of hydrogen-bond donors (Lipinski definition) is 0. The van der Waals surface area contributed by atoms with Crippen LogP contribution in [0.5, 0.6) is 0 Å². The van der Waals surface area contributed by atoms with Gasteiger partial charge in [0.25, 0.3) is 0 Å². The van der Waals surface area contributed by atoms with E-state index in [4.69, 9.17) is 0 Å². The molecule has 0 radical (unpaired) electrons. The van der Waals surface area contributed by atoms with Crippen LogP contribution in [-0.4, -0.2) is 26.8 Å². The highest BCUT2D eigenvalue weighted by atomic mass is 16.1. The van der Waals surface area contributed by atoms with Gasteiger partial charge in [-0.25, -0.2) is 4.98 Å². The second-order valence-corrected chi connectivity index (χ2v) is 7.61. The fourth-order valence-corrected chi connectivity index (χ4v) is 3.89. The summed E-state index contributed by atoms with van der Waals surface area (Å²) in [5.41, 5.74) is 5.02. The third-order valence-corrected chi connectivity index (χ3v) is 5.52. The fraction of sp³-hybridized carbons (Fsp3) is 0.333. The van der Waals surface area contributed by atoms with Crippen LogP contribution in [0.1, 0.15) is 46.3 Å². The van der Waals surface area contributed by atoms with E-state index in [1.165, 1.54) is 16.7 Å². The molecule has 0 atom stereocenters. The van der Waals surface area contributed by atoms with Crippen molar-refractivity contribution in [2.24, 2.45) is 0 Å². The van der Waals surface area contributed by atoms with Gasteiger partial charge in [-0.15, -0.1) is 0 Å². The lowest BCUT2D eigenvalue weighted by Gasteiger charge is -2.28. The summed E-state index contributed by atoms with van der Waals surface area (Å²) < 4.78 is 2.05. The highest BCUT2D eigenvalue weighted by Crippen LogP contribution is 2.20. The highest BCUT2D eigenvalue weighted by molar-refractivity contribution is 5.96. The quantitative estimate of drug-likeness (QED) is 0.431. The van der Waals surface area contributed by atoms with Gasteiger partial charge < -0.3 is 4.57 Å². The molecule has 0 N–H and O–H groups in total. The molecule has 2 heterocycles. The summed E-state index contributed by atoms with van der Waals surface area (Å²) in [4.78, 5) is 18.9. The van der Waals surface area contributed by atoms with Crippen molar-refractivity contribution in [1.29, 1.82) is 0 Å². The van der Waals surface area contributed by atoms with E-state index in [1.807, 2.05) is 24.7 Å². The molecule has 0 aliphatic carbocycles. The van der Waals surface area contributed by atoms with Crippen molar-refractivity contribution in [3.05, 3.63) is 89.5 Å². The Labute approximate surface area is 166 Å². The largest absolute Gasteiger partial charge is 0.337 e. The van der Waals surface area contributed by atoms with Crippen LogP contribution in [0, 0.1) is 0 Å². The number of fused-ring (bicyclic) bond motifs is 1. The van der Waals surface area contributed by atoms with E-state index in [0.29, 0.717) is 6.42 Å². The van der Waals surface area contributed by atoms with Crippen molar-refractivity contribution in [3.63, 3.8) is 0 Å². The molecule has 0 unspecified atom stereocenters. The van der Waals surface area contributed by atoms with Gasteiger partial charge in [-0.2, -0.15) is 0 Å². The summed E-state index contributed by atoms with van der Waals surface area (Å²) in [5.74, 6) is 0.240. The van der Waals surface area contributed by atoms with Crippen molar-refractivity contribution >= 4 is 5.78 Å². The molecule has 4 nitrogen and oxygen atoms in total. The molecule has 0 saturated carbocycles. The zero-order valence-corrected chi connectivity index (χ0v) is 16.3. The second kappa shape index (κ2) is 8.98. The molecule has 1 aliphatic rings. The number of aryl methyl sites for hydroxylation is 1. The average molecular weight is 374 g/mol. The minimum atomic E-state index is 0.240. The first-order valence-corrected chi connectivity index (χ1v) is 10.1. The molecule has 144 valence electrons. The Kier molecular flexibility index (Phi) is 5.98. The lowest BCUT2D eigenvalue weighted by Crippen LogP contribution is -2.29. The van der Waals surface area contributed by atoms with Crippen LogP contribution in [0.3, 0.4) is 0 Å². The molecule has 0 fully saturated rings. The first-order valence-electron chi connectivity index (χ1n) is 10.1. The Morgan fingerprint density at radius 3 is 2.61 bits per heavy atom. The highest BCUT2D eigenvalue weighted by Gasteiger charge is 2.15. The summed E-state index contributed by atoms with van der Waals surface area (Å²) >= 11 is 0. The molecule has 0 saturated heterocycles. The normalized spacial score (nSPS) is 14.0. The summed E-state index contributed by atoms with van der Waals surface area (Å²) in [5, 5.41) is 0. The minimum absolute atomic E-state index is 0.240. The van der Waals surface area contributed by atoms with Gasteiger partial charge in [0.15, 0.2) is 5.78 Å². The predicted molar refractivity (Wildman–Crippen MR) is 111 cm³/mol. The monoisotopic (exact) mass is 373 g/mol. The number of nitrogens with zero attached hydrogens (tertiary/aromatic N) is 3. The molecular weight excluding hydrogens is 346 g/mol. The number of imidazole rings is 1. The molecule has 0 bridgehead atoms. The molecule has 4 rings (SSSR count). The Morgan fingerprint density at radius 1 is 1.00 bits per heavy atom. The molecular formula is C24H27N3O. The van der Waals surface area contributed by atoms with Gasteiger partial charge in [0, 0.05) is 50.6 Å². The van der Waals surface area contributed by atoms with Gasteiger partial charge in [0.05, 0.1) is 6.33 Å². The third-order valence-electron chi connectivity index (χ3n) is 5.52. The molecule has 3 aromatic rings. The van der Waals surface area contributed by atoms with E-state index < -0.39 is 0 Å². The Morgan fingerprint density at radius 2 is 1.82 bits per heavy atom. The van der Waals surface area contributed by atoms with Crippen LogP contribution in [0.25, 0.3) is 0 Å². The van der Waals surface area contributed by atoms with E-state index >= 15 is 0 Å². The van der Waals surface area contributed by atoms with Crippen LogP contribution < -0.4 is 0 Å². The maximum absolute atomic E-state index is 12.4. The van der Waals surface area contributed by atoms with Crippen LogP contribution in [-0.2, 0) is 26.1 Å². The molecule has 28 heavy (non-hydrogen) atoms. The number of ketones is 1. The maximum atomic E-state index is 12.4. The Balaban J connectivity index is 1.25. The van der Waals surface area contributed by atoms with Crippen molar-refractivity contribution in [3.8, 4) is 0 Å². The third kappa shape index (κ3) is 4.76. The molecule has 4 heteroatoms. The van der Waals surface area contributed by atoms with Crippen molar-refractivity contribution in [2.75, 3.05) is 6.54 Å². The Hall–Kier alpha value is -2.72. The zero-order valence-electron chi connectivity index (χ0n) is 16.3. The SMILES string of the molecule is O=C(CCCCn1ccnc1)c1ccc(CN2CCc3ccccc3C2)cc1. The standard InChI is InChI=1S/C24H27N3O/c28-24(7-3-4-14-26-16-13-25-19-26)22-10-8-20(9-11-22)17-27-15-12-21-5-1-2-6-23(21)18-27/h1-2,5-6,8-11,13,16,19H,3-4,7,12,14-15,17-18H2. The first kappa shape index (κ1) is 18.6. The van der Waals surface area contributed by atoms with Crippen LogP contribution in [0.2, 0.25) is 0 Å². The topological polar surface area (TPSA) is 38.1 Å². The molecule has 0 amide bonds. The van der Waals surface area contributed by atoms with Crippen LogP contribution in [0.15, 0.2) is 67.3 Å². The summed E-state index contributed by atoms with van der Waals surface area (Å²) in [6, 6.07) is 16.9. The van der Waals surface area contributed by atoms with E-state index in [1.54, 1.807) is 6.20 Å². The number of carbonyl (C=O) groups excluding carboxylic acids is 1. The number of carbonyl (C=O) groups is 1. The Bertz CT molecular complexity index is 900. The summed E-state index contributed by atoms with van der Waals surface area (Å²) in [6.07, 6.45) is 9.20. The maximum Gasteiger partial charge on any atom is 0.162 e. The van der Waals surface area contributed by atoms with E-state index in [0.717, 1.165) is 51.0 Å². The minimum Gasteiger partial charge on any atom is -0.337 e. The summed E-state index contributed by atoms with van der Waals surface area (Å²) in [6.45, 7) is 3.96. The average Bonchev–Trinajstić information content (AvgIpc) is 3.25. The van der Waals surface area contributed by atoms with Crippen LogP contribution >= 0.6 is 0 Å². The number of rotatable bonds is 8. The lowest BCUT2D eigenvalue weighted by molar-refractivity contribution is 0.0979. The van der Waals surface area contributed by atoms with Gasteiger partial charge in [-0.3, -0.25) is 9.69 Å². The molecule has 0 spiro atoms. The molecule has 2 aromatic carbocycles. The fourth-order valence-electron chi connectivity index (χ4n) is 3.89. The molecule has 1 aliphatic heterocycles. The number of hydrogen-bond acceptors (Lipinski definition) is 3. The predicted octanol–water partition coefficient (Wildman–Crippen LogP) is 4.49. The van der Waals surface area contributed by atoms with Crippen molar-refractivity contribution < 1.29 is 4.79 Å². The van der Waals surface area contributed by atoms with Crippen molar-refractivity contribution in [1.82, 2.24) is 14.5 Å². The van der Waals surface area contributed by atoms with Gasteiger partial charge >= 0.3 is 0 Å². The van der Waals surface area contributed by atoms with Gasteiger partial charge in [-0.05, 0) is 36.0 Å². The van der Waals surface area contributed by atoms with Gasteiger partial charge in [0.2, 0.25) is 0 Å². The van der Waals surface area contributed by atoms with Crippen molar-refractivity contribution in [2.45, 2.75) is 45.3 Å². The second-order valence-electron chi connectivity index (χ2n) is 7.61. The van der Waals surface area contributed by atoms with E-state index in [9.17, 15) is 4.79 Å². The number of aromatic nitrogens is 2. The van der Waals surface area contributed by atoms with E-state index in [-0.39, 0.29) is 5.78 Å².